The number of hydrogen-bond donors (Lipinski definition) is 1. The molecule has 0 radical (unpaired) electrons. The largest absolute Gasteiger partial charge is 0.384 e. The fraction of sp³-hybridized carbons (Fsp3) is 0.273. The van der Waals surface area contributed by atoms with Gasteiger partial charge in [-0.1, -0.05) is 0 Å². The van der Waals surface area contributed by atoms with E-state index in [1.54, 1.807) is 19.1 Å². The Hall–Kier alpha value is -2.02. The van der Waals surface area contributed by atoms with Crippen LogP contribution in [0, 0.1) is 29.4 Å². The highest BCUT2D eigenvalue weighted by Gasteiger charge is 2.09. The molecular weight excluding hydrogens is 192 g/mol. The van der Waals surface area contributed by atoms with Gasteiger partial charge in [0.1, 0.15) is 0 Å². The maximum Gasteiger partial charge on any atom is 0.272 e. The summed E-state index contributed by atoms with van der Waals surface area (Å²) in [6.07, 6.45) is 5.74. The van der Waals surface area contributed by atoms with Gasteiger partial charge in [-0.25, -0.2) is 0 Å². The molecule has 78 valence electrons. The van der Waals surface area contributed by atoms with Crippen molar-refractivity contribution < 1.29 is 4.92 Å². The average molecular weight is 204 g/mol. The van der Waals surface area contributed by atoms with Crippen LogP contribution in [0.3, 0.4) is 0 Å². The van der Waals surface area contributed by atoms with Gasteiger partial charge in [0.2, 0.25) is 0 Å². The molecule has 1 rings (SSSR count). The molecule has 0 spiro atoms. The highest BCUT2D eigenvalue weighted by Crippen LogP contribution is 2.21. The summed E-state index contributed by atoms with van der Waals surface area (Å²) in [7, 11) is 0. The van der Waals surface area contributed by atoms with E-state index in [0.717, 1.165) is 5.69 Å². The molecule has 0 fully saturated rings. The molecular formula is C11H12N2O2. The number of nitrogens with zero attached hydrogens (tertiary/aromatic N) is 1. The number of terminal acetylenes is 1. The number of nitrogens with one attached hydrogen (secondary N) is 1. The maximum absolute atomic E-state index is 10.6. The molecule has 4 heteroatoms. The van der Waals surface area contributed by atoms with Crippen LogP contribution in [0.5, 0.6) is 0 Å². The van der Waals surface area contributed by atoms with Crippen LogP contribution in [0.1, 0.15) is 12.0 Å². The van der Waals surface area contributed by atoms with E-state index >= 15 is 0 Å². The summed E-state index contributed by atoms with van der Waals surface area (Å²) in [5.41, 5.74) is 1.64. The first-order chi connectivity index (χ1) is 7.15. The van der Waals surface area contributed by atoms with Gasteiger partial charge < -0.3 is 5.32 Å². The first kappa shape index (κ1) is 11.1. The monoisotopic (exact) mass is 204 g/mol. The zero-order valence-corrected chi connectivity index (χ0v) is 8.49. The van der Waals surface area contributed by atoms with Gasteiger partial charge in [0.05, 0.1) is 4.92 Å². The highest BCUT2D eigenvalue weighted by atomic mass is 16.6. The zero-order chi connectivity index (χ0) is 11.3. The van der Waals surface area contributed by atoms with E-state index in [1.165, 1.54) is 6.07 Å². The molecule has 0 bridgehead atoms. The summed E-state index contributed by atoms with van der Waals surface area (Å²) in [5.74, 6) is 2.51. The van der Waals surface area contributed by atoms with Crippen LogP contribution < -0.4 is 5.32 Å². The first-order valence-electron chi connectivity index (χ1n) is 4.57. The predicted octanol–water partition coefficient (Wildman–Crippen LogP) is 2.34. The van der Waals surface area contributed by atoms with Crippen molar-refractivity contribution in [1.82, 2.24) is 0 Å². The SMILES string of the molecule is C#CCCNc1ccc([N+](=O)[O-])c(C)c1. The number of nitro groups is 1. The average Bonchev–Trinajstić information content (AvgIpc) is 2.17. The van der Waals surface area contributed by atoms with E-state index < -0.39 is 0 Å². The summed E-state index contributed by atoms with van der Waals surface area (Å²) in [4.78, 5) is 10.2. The van der Waals surface area contributed by atoms with Gasteiger partial charge in [0.15, 0.2) is 0 Å². The van der Waals surface area contributed by atoms with Crippen molar-refractivity contribution >= 4 is 11.4 Å². The second kappa shape index (κ2) is 5.01. The fourth-order valence-corrected chi connectivity index (χ4v) is 1.25. The normalized spacial score (nSPS) is 9.33. The molecule has 0 aromatic heterocycles. The molecule has 0 heterocycles. The van der Waals surface area contributed by atoms with Crippen molar-refractivity contribution in [1.29, 1.82) is 0 Å². The van der Waals surface area contributed by atoms with Crippen LogP contribution >= 0.6 is 0 Å². The zero-order valence-electron chi connectivity index (χ0n) is 8.49. The van der Waals surface area contributed by atoms with E-state index in [9.17, 15) is 10.1 Å². The minimum absolute atomic E-state index is 0.137. The van der Waals surface area contributed by atoms with Crippen LogP contribution in [0.2, 0.25) is 0 Å². The quantitative estimate of drug-likeness (QED) is 0.354. The van der Waals surface area contributed by atoms with Crippen molar-refractivity contribution in [2.45, 2.75) is 13.3 Å². The molecule has 0 aliphatic rings. The summed E-state index contributed by atoms with van der Waals surface area (Å²) < 4.78 is 0. The van der Waals surface area contributed by atoms with Crippen LogP contribution in [0.25, 0.3) is 0 Å². The molecule has 1 N–H and O–H groups in total. The molecule has 0 aliphatic carbocycles. The third kappa shape index (κ3) is 2.99. The molecule has 0 saturated heterocycles. The van der Waals surface area contributed by atoms with Crippen molar-refractivity contribution in [2.24, 2.45) is 0 Å². The van der Waals surface area contributed by atoms with E-state index in [1.807, 2.05) is 0 Å². The Bertz CT molecular complexity index is 408. The smallest absolute Gasteiger partial charge is 0.272 e. The molecule has 1 aromatic rings. The third-order valence-electron chi connectivity index (χ3n) is 1.99. The Kier molecular flexibility index (Phi) is 3.69. The van der Waals surface area contributed by atoms with E-state index in [-0.39, 0.29) is 10.6 Å². The van der Waals surface area contributed by atoms with Crippen molar-refractivity contribution in [3.8, 4) is 12.3 Å². The lowest BCUT2D eigenvalue weighted by Gasteiger charge is -2.05. The van der Waals surface area contributed by atoms with Gasteiger partial charge in [-0.05, 0) is 19.1 Å². The highest BCUT2D eigenvalue weighted by molar-refractivity contribution is 5.53. The van der Waals surface area contributed by atoms with E-state index in [4.69, 9.17) is 6.42 Å². The van der Waals surface area contributed by atoms with Gasteiger partial charge in [-0.15, -0.1) is 12.3 Å². The summed E-state index contributed by atoms with van der Waals surface area (Å²) in [5, 5.41) is 13.6. The Morgan fingerprint density at radius 2 is 2.33 bits per heavy atom. The second-order valence-corrected chi connectivity index (χ2v) is 3.14. The van der Waals surface area contributed by atoms with Gasteiger partial charge in [-0.3, -0.25) is 10.1 Å². The van der Waals surface area contributed by atoms with Gasteiger partial charge >= 0.3 is 0 Å². The van der Waals surface area contributed by atoms with Crippen LogP contribution in [-0.4, -0.2) is 11.5 Å². The van der Waals surface area contributed by atoms with E-state index in [2.05, 4.69) is 11.2 Å². The van der Waals surface area contributed by atoms with Crippen LogP contribution in [0.4, 0.5) is 11.4 Å². The standard InChI is InChI=1S/C11H12N2O2/c1-3-4-7-12-10-5-6-11(13(14)15)9(2)8-10/h1,5-6,8,12H,4,7H2,2H3. The molecule has 15 heavy (non-hydrogen) atoms. The Morgan fingerprint density at radius 1 is 1.60 bits per heavy atom. The number of benzene rings is 1. The number of rotatable bonds is 4. The Labute approximate surface area is 88.5 Å². The molecule has 0 saturated carbocycles. The van der Waals surface area contributed by atoms with Gasteiger partial charge in [0.25, 0.3) is 5.69 Å². The van der Waals surface area contributed by atoms with Crippen LogP contribution in [-0.2, 0) is 0 Å². The number of anilines is 1. The lowest BCUT2D eigenvalue weighted by Crippen LogP contribution is -2.01. The van der Waals surface area contributed by atoms with Crippen LogP contribution in [0.15, 0.2) is 18.2 Å². The third-order valence-corrected chi connectivity index (χ3v) is 1.99. The second-order valence-electron chi connectivity index (χ2n) is 3.14. The van der Waals surface area contributed by atoms with Gasteiger partial charge in [-0.2, -0.15) is 0 Å². The molecule has 0 amide bonds. The molecule has 0 unspecified atom stereocenters. The minimum Gasteiger partial charge on any atom is -0.384 e. The Morgan fingerprint density at radius 3 is 2.87 bits per heavy atom. The van der Waals surface area contributed by atoms with Crippen molar-refractivity contribution in [3.63, 3.8) is 0 Å². The molecule has 0 atom stereocenters. The topological polar surface area (TPSA) is 55.2 Å². The summed E-state index contributed by atoms with van der Waals surface area (Å²) in [6, 6.07) is 4.92. The lowest BCUT2D eigenvalue weighted by atomic mass is 10.2. The summed E-state index contributed by atoms with van der Waals surface area (Å²) >= 11 is 0. The lowest BCUT2D eigenvalue weighted by molar-refractivity contribution is -0.385. The molecule has 4 nitrogen and oxygen atoms in total. The predicted molar refractivity (Wildman–Crippen MR) is 59.8 cm³/mol. The number of hydrogen-bond acceptors (Lipinski definition) is 3. The fourth-order valence-electron chi connectivity index (χ4n) is 1.25. The minimum atomic E-state index is -0.388. The van der Waals surface area contributed by atoms with Crippen molar-refractivity contribution in [3.05, 3.63) is 33.9 Å². The summed E-state index contributed by atoms with van der Waals surface area (Å²) in [6.45, 7) is 2.39. The van der Waals surface area contributed by atoms with E-state index in [0.29, 0.717) is 18.5 Å². The van der Waals surface area contributed by atoms with Gasteiger partial charge in [0, 0.05) is 30.3 Å². The number of aryl methyl sites for hydroxylation is 1. The number of nitro benzene ring substituents is 1. The first-order valence-corrected chi connectivity index (χ1v) is 4.57. The van der Waals surface area contributed by atoms with Crippen molar-refractivity contribution in [2.75, 3.05) is 11.9 Å². The molecule has 0 aliphatic heterocycles. The molecule has 1 aromatic carbocycles. The Balaban J connectivity index is 2.74. The maximum atomic E-state index is 10.6.